The zero-order chi connectivity index (χ0) is 101. The van der Waals surface area contributed by atoms with Gasteiger partial charge in [0.1, 0.15) is 60.2 Å². The van der Waals surface area contributed by atoms with Crippen molar-refractivity contribution in [1.29, 1.82) is 0 Å². The van der Waals surface area contributed by atoms with Crippen molar-refractivity contribution in [2.75, 3.05) is 98.1 Å². The average molecular weight is 1960 g/mol. The lowest BCUT2D eigenvalue weighted by Gasteiger charge is -2.47. The summed E-state index contributed by atoms with van der Waals surface area (Å²) < 4.78 is 33.8. The lowest BCUT2D eigenvalue weighted by molar-refractivity contribution is 0.120. The first-order chi connectivity index (χ1) is 67.7. The van der Waals surface area contributed by atoms with Gasteiger partial charge in [-0.1, -0.05) is 71.7 Å². The number of benzene rings is 4. The Bertz CT molecular complexity index is 6440. The summed E-state index contributed by atoms with van der Waals surface area (Å²) in [4.78, 5) is 106. The number of halogens is 4. The van der Waals surface area contributed by atoms with Gasteiger partial charge in [0.15, 0.2) is 0 Å². The minimum Gasteiger partial charge on any atom is -0.352 e. The molecule has 4 aliphatic carbocycles. The Balaban J connectivity index is 0.000000130. The maximum Gasteiger partial charge on any atom is 0.318 e. The van der Waals surface area contributed by atoms with Crippen molar-refractivity contribution in [3.8, 4) is 0 Å². The van der Waals surface area contributed by atoms with Crippen LogP contribution in [0, 0.1) is 25.5 Å². The van der Waals surface area contributed by atoms with Crippen LogP contribution in [0.3, 0.4) is 0 Å². The normalized spacial score (nSPS) is 17.6. The van der Waals surface area contributed by atoms with E-state index in [-0.39, 0.29) is 71.0 Å². The summed E-state index contributed by atoms with van der Waals surface area (Å²) in [6, 6.07) is 26.5. The van der Waals surface area contributed by atoms with E-state index in [0.29, 0.717) is 88.6 Å². The number of nitrogens with one attached hydrogen (secondary N) is 4. The van der Waals surface area contributed by atoms with E-state index in [9.17, 15) is 28.0 Å². The predicted molar refractivity (Wildman–Crippen MR) is 552 cm³/mol. The molecular formula is C106H124Cl2F2N28O4. The van der Waals surface area contributed by atoms with Crippen molar-refractivity contribution in [3.05, 3.63) is 282 Å². The van der Waals surface area contributed by atoms with Crippen molar-refractivity contribution in [1.82, 2.24) is 120 Å². The van der Waals surface area contributed by atoms with Crippen molar-refractivity contribution in [3.63, 3.8) is 0 Å². The van der Waals surface area contributed by atoms with Gasteiger partial charge in [-0.25, -0.2) is 67.8 Å². The van der Waals surface area contributed by atoms with E-state index < -0.39 is 11.1 Å². The Morgan fingerprint density at radius 1 is 0.338 bits per heavy atom. The van der Waals surface area contributed by atoms with Gasteiger partial charge >= 0.3 is 24.1 Å². The quantitative estimate of drug-likeness (QED) is 0.0698. The number of nitrogens with zero attached hydrogens (tertiary/aromatic N) is 24. The second-order valence-electron chi connectivity index (χ2n) is 40.5. The van der Waals surface area contributed by atoms with Gasteiger partial charge in [-0.3, -0.25) is 18.7 Å². The smallest absolute Gasteiger partial charge is 0.318 e. The third-order valence-electron chi connectivity index (χ3n) is 28.0. The molecule has 740 valence electrons. The standard InChI is InChI=1S/C27H32ClN7O.C27H32FN7O.C26H30ClN7O.C26H30FN7O/c2*1-17(19-6-8-21(28)9-7-19)31-26(36)35-11-10-34(15-27(35,3)4)25-22-12-20(13-24(22)29-16-30-25)23-14-33(5)32-18(23)2;2*1-17(18-5-7-21(27)8-6-18)31-25(35)34-10-9-33(15-26(34,2)3)24-22-11-19(12-23(22)28-16-29-24)20-13-30-32(4)14-20/h2*6-9,12,14,16-17H,10-11,13,15H2,1-5H3,(H,31,36);2*5-8,11,13-14,16-17H,9-10,12,15H2,1-4H3,(H,31,35)/t4*17-/m0000/s1. The van der Waals surface area contributed by atoms with Crippen molar-refractivity contribution in [2.45, 2.75) is 169 Å². The number of piperazine rings is 4. The molecule has 12 aromatic rings. The molecule has 4 atom stereocenters. The molecule has 0 radical (unpaired) electrons. The van der Waals surface area contributed by atoms with Crippen LogP contribution in [0.5, 0.6) is 0 Å². The van der Waals surface area contributed by atoms with Crippen LogP contribution in [0.1, 0.15) is 208 Å². The highest BCUT2D eigenvalue weighted by Crippen LogP contribution is 2.44. The molecule has 142 heavy (non-hydrogen) atoms. The second kappa shape index (κ2) is 40.7. The van der Waals surface area contributed by atoms with Crippen LogP contribution in [-0.2, 0) is 53.9 Å². The minimum atomic E-state index is -0.423. The van der Waals surface area contributed by atoms with Gasteiger partial charge in [-0.2, -0.15) is 20.4 Å². The van der Waals surface area contributed by atoms with Gasteiger partial charge in [-0.15, -0.1) is 0 Å². The number of urea groups is 4. The van der Waals surface area contributed by atoms with Crippen molar-refractivity contribution < 1.29 is 28.0 Å². The summed E-state index contributed by atoms with van der Waals surface area (Å²) >= 11 is 12.0. The van der Waals surface area contributed by atoms with Crippen LogP contribution in [0.25, 0.3) is 46.6 Å². The number of amides is 8. The lowest BCUT2D eigenvalue weighted by Crippen LogP contribution is -2.63. The molecule has 0 bridgehead atoms. The highest BCUT2D eigenvalue weighted by atomic mass is 35.5. The molecule has 0 unspecified atom stereocenters. The number of hydrogen-bond donors (Lipinski definition) is 4. The average Bonchev–Trinajstić information content (AvgIpc) is 1.72. The molecule has 4 fully saturated rings. The molecule has 8 amide bonds. The molecule has 32 nitrogen and oxygen atoms in total. The number of carbonyl (C=O) groups excluding carboxylic acids is 4. The third-order valence-corrected chi connectivity index (χ3v) is 28.5. The number of aryl methyl sites for hydroxylation is 6. The van der Waals surface area contributed by atoms with Gasteiger partial charge < -0.3 is 60.5 Å². The Hall–Kier alpha value is -14.3. The maximum absolute atomic E-state index is 13.3. The van der Waals surface area contributed by atoms with Crippen LogP contribution in [0.15, 0.2) is 160 Å². The van der Waals surface area contributed by atoms with E-state index in [2.05, 4.69) is 187 Å². The Morgan fingerprint density at radius 2 is 0.585 bits per heavy atom. The Kier molecular flexibility index (Phi) is 28.5. The summed E-state index contributed by atoms with van der Waals surface area (Å²) in [6.45, 7) is 36.2. The first-order valence-corrected chi connectivity index (χ1v) is 48.9. The fraction of sp³-hybridized carbons (Fsp3) is 0.396. The molecule has 4 N–H and O–H groups in total. The highest BCUT2D eigenvalue weighted by molar-refractivity contribution is 6.30. The molecular weight excluding hydrogens is 1840 g/mol. The highest BCUT2D eigenvalue weighted by Gasteiger charge is 2.45. The van der Waals surface area contributed by atoms with Gasteiger partial charge in [0.05, 0.1) is 92.9 Å². The van der Waals surface area contributed by atoms with E-state index in [1.807, 2.05) is 183 Å². The topological polar surface area (TPSA) is 317 Å². The molecule has 20 rings (SSSR count). The largest absolute Gasteiger partial charge is 0.352 e. The van der Waals surface area contributed by atoms with Crippen LogP contribution in [0.4, 0.5) is 51.2 Å². The second-order valence-corrected chi connectivity index (χ2v) is 41.3. The van der Waals surface area contributed by atoms with Gasteiger partial charge in [0, 0.05) is 212 Å². The summed E-state index contributed by atoms with van der Waals surface area (Å²) in [5, 5.41) is 31.4. The Morgan fingerprint density at radius 3 is 0.817 bits per heavy atom. The molecule has 4 aromatic carbocycles. The number of rotatable bonds is 16. The van der Waals surface area contributed by atoms with E-state index in [4.69, 9.17) is 23.2 Å². The van der Waals surface area contributed by atoms with Gasteiger partial charge in [0.2, 0.25) is 0 Å². The van der Waals surface area contributed by atoms with E-state index >= 15 is 0 Å². The first-order valence-electron chi connectivity index (χ1n) is 48.2. The monoisotopic (exact) mass is 1960 g/mol. The molecule has 36 heteroatoms. The molecule has 0 saturated carbocycles. The minimum absolute atomic E-state index is 0.0655. The number of allylic oxidation sites excluding steroid dienone is 4. The Labute approximate surface area is 837 Å². The third kappa shape index (κ3) is 21.8. The van der Waals surface area contributed by atoms with Crippen LogP contribution < -0.4 is 40.9 Å². The molecule has 4 aliphatic heterocycles. The van der Waals surface area contributed by atoms with E-state index in [1.165, 1.54) is 46.6 Å². The van der Waals surface area contributed by atoms with E-state index in [1.54, 1.807) is 54.3 Å². The van der Waals surface area contributed by atoms with Gasteiger partial charge in [-0.05, 0) is 214 Å². The maximum atomic E-state index is 13.3. The summed E-state index contributed by atoms with van der Waals surface area (Å²) in [7, 11) is 7.71. The van der Waals surface area contributed by atoms with Crippen molar-refractivity contribution >= 4 is 117 Å². The molecule has 0 spiro atoms. The predicted octanol–water partition coefficient (Wildman–Crippen LogP) is 16.9. The molecule has 8 aliphatic rings. The zero-order valence-electron chi connectivity index (χ0n) is 83.8. The number of aromatic nitrogens is 16. The van der Waals surface area contributed by atoms with Crippen molar-refractivity contribution in [2.24, 2.45) is 28.2 Å². The zero-order valence-corrected chi connectivity index (χ0v) is 85.3. The first kappa shape index (κ1) is 99.3. The molecule has 4 saturated heterocycles. The summed E-state index contributed by atoms with van der Waals surface area (Å²) in [6.07, 6.45) is 30.3. The number of anilines is 4. The fourth-order valence-electron chi connectivity index (χ4n) is 20.4. The van der Waals surface area contributed by atoms with E-state index in [0.717, 1.165) is 150 Å². The number of carbonyl (C=O) groups is 4. The summed E-state index contributed by atoms with van der Waals surface area (Å²) in [5.74, 6) is 3.09. The molecule has 8 aromatic heterocycles. The fourth-order valence-corrected chi connectivity index (χ4v) is 20.7. The molecule has 12 heterocycles. The SMILES string of the molecule is C[C@H](NC(=O)N1CCN(c2ncnc3c2C=C(c2cnn(C)c2)C3)CC1(C)C)c1ccc(Cl)cc1.C[C@H](NC(=O)N1CCN(c2ncnc3c2C=C(c2cnn(C)c2)C3)CC1(C)C)c1ccc(F)cc1.Cc1nn(C)cc1C1=Cc2c(ncnc2N2CCN(C(=O)N[C@@H](C)c3ccc(Cl)cc3)C(C)(C)C2)C1.Cc1nn(C)cc1C1=Cc2c(ncnc2N2CCN(C(=O)N[C@@H](C)c3ccc(F)cc3)C(C)(C)C2)C1. The lowest BCUT2D eigenvalue weighted by atomic mass is 9.98. The summed E-state index contributed by atoms with van der Waals surface area (Å²) in [5.41, 5.74) is 21.8. The van der Waals surface area contributed by atoms with Crippen LogP contribution >= 0.6 is 23.2 Å². The van der Waals surface area contributed by atoms with Crippen LogP contribution in [0.2, 0.25) is 10.0 Å². The number of fused-ring (bicyclic) bond motifs is 4. The van der Waals surface area contributed by atoms with Gasteiger partial charge in [0.25, 0.3) is 0 Å². The number of hydrogen-bond acceptors (Lipinski definition) is 20. The van der Waals surface area contributed by atoms with Crippen LogP contribution in [-0.4, -0.2) is 223 Å².